The molecule has 0 aromatic heterocycles. The molecule has 1 aromatic carbocycles. The Morgan fingerprint density at radius 3 is 2.71 bits per heavy atom. The van der Waals surface area contributed by atoms with Crippen molar-refractivity contribution in [3.8, 4) is 6.07 Å². The molecule has 0 saturated heterocycles. The summed E-state index contributed by atoms with van der Waals surface area (Å²) in [5.74, 6) is -0.840. The number of aliphatic carboxylic acids is 1. The van der Waals surface area contributed by atoms with Crippen molar-refractivity contribution in [3.05, 3.63) is 29.3 Å². The van der Waals surface area contributed by atoms with Crippen LogP contribution in [0, 0.1) is 18.3 Å². The number of anilines is 1. The zero-order valence-corrected chi connectivity index (χ0v) is 9.66. The van der Waals surface area contributed by atoms with Gasteiger partial charge in [0.25, 0.3) is 0 Å². The lowest BCUT2D eigenvalue weighted by Crippen LogP contribution is -2.52. The Hall–Kier alpha value is -2.02. The molecular weight excluding hydrogens is 216 g/mol. The van der Waals surface area contributed by atoms with Gasteiger partial charge in [0.2, 0.25) is 0 Å². The maximum atomic E-state index is 11.2. The average Bonchev–Trinajstić information content (AvgIpc) is 2.24. The van der Waals surface area contributed by atoms with E-state index in [-0.39, 0.29) is 0 Å². The molecular formula is C13H14N2O2. The summed E-state index contributed by atoms with van der Waals surface area (Å²) in [6, 6.07) is 7.50. The molecule has 1 fully saturated rings. The van der Waals surface area contributed by atoms with E-state index in [2.05, 4.69) is 11.4 Å². The molecule has 0 heterocycles. The molecule has 0 aliphatic heterocycles. The Kier molecular flexibility index (Phi) is 2.76. The van der Waals surface area contributed by atoms with Crippen LogP contribution < -0.4 is 5.32 Å². The molecule has 0 unspecified atom stereocenters. The van der Waals surface area contributed by atoms with E-state index in [0.29, 0.717) is 24.1 Å². The van der Waals surface area contributed by atoms with Gasteiger partial charge in [-0.1, -0.05) is 6.07 Å². The summed E-state index contributed by atoms with van der Waals surface area (Å²) in [6.45, 7) is 1.90. The first-order chi connectivity index (χ1) is 8.07. The first-order valence-corrected chi connectivity index (χ1v) is 5.60. The van der Waals surface area contributed by atoms with Gasteiger partial charge in [-0.25, -0.2) is 4.79 Å². The average molecular weight is 230 g/mol. The second-order valence-corrected chi connectivity index (χ2v) is 4.53. The van der Waals surface area contributed by atoms with Crippen LogP contribution in [0.2, 0.25) is 0 Å². The van der Waals surface area contributed by atoms with Gasteiger partial charge in [0.15, 0.2) is 0 Å². The topological polar surface area (TPSA) is 73.1 Å². The van der Waals surface area contributed by atoms with Gasteiger partial charge >= 0.3 is 5.97 Å². The van der Waals surface area contributed by atoms with Crippen LogP contribution in [0.1, 0.15) is 30.4 Å². The zero-order chi connectivity index (χ0) is 12.5. The minimum Gasteiger partial charge on any atom is -0.480 e. The Bertz CT molecular complexity index is 499. The third kappa shape index (κ3) is 1.96. The van der Waals surface area contributed by atoms with Crippen LogP contribution >= 0.6 is 0 Å². The second kappa shape index (κ2) is 4.10. The van der Waals surface area contributed by atoms with E-state index in [1.165, 1.54) is 0 Å². The van der Waals surface area contributed by atoms with Crippen molar-refractivity contribution >= 4 is 11.7 Å². The zero-order valence-electron chi connectivity index (χ0n) is 9.66. The molecule has 1 aliphatic carbocycles. The fraction of sp³-hybridized carbons (Fsp3) is 0.385. The normalized spacial score (nSPS) is 16.7. The van der Waals surface area contributed by atoms with Crippen molar-refractivity contribution in [2.24, 2.45) is 0 Å². The van der Waals surface area contributed by atoms with E-state index >= 15 is 0 Å². The highest BCUT2D eigenvalue weighted by atomic mass is 16.4. The van der Waals surface area contributed by atoms with Crippen molar-refractivity contribution in [3.63, 3.8) is 0 Å². The van der Waals surface area contributed by atoms with E-state index in [4.69, 9.17) is 5.26 Å². The highest BCUT2D eigenvalue weighted by Crippen LogP contribution is 2.36. The number of benzene rings is 1. The maximum Gasteiger partial charge on any atom is 0.329 e. The van der Waals surface area contributed by atoms with Crippen molar-refractivity contribution in [2.45, 2.75) is 31.7 Å². The van der Waals surface area contributed by atoms with E-state index in [1.807, 2.05) is 13.0 Å². The number of nitrogens with zero attached hydrogens (tertiary/aromatic N) is 1. The first kappa shape index (κ1) is 11.5. The lowest BCUT2D eigenvalue weighted by Gasteiger charge is -2.39. The van der Waals surface area contributed by atoms with Crippen LogP contribution in [0.25, 0.3) is 0 Å². The quantitative estimate of drug-likeness (QED) is 0.835. The number of carboxylic acids is 1. The second-order valence-electron chi connectivity index (χ2n) is 4.53. The van der Waals surface area contributed by atoms with Gasteiger partial charge in [0, 0.05) is 0 Å². The summed E-state index contributed by atoms with van der Waals surface area (Å²) in [4.78, 5) is 11.2. The Balaban J connectivity index is 2.30. The maximum absolute atomic E-state index is 11.2. The van der Waals surface area contributed by atoms with Crippen LogP contribution in [0.15, 0.2) is 18.2 Å². The number of nitriles is 1. The third-order valence-corrected chi connectivity index (χ3v) is 3.29. The van der Waals surface area contributed by atoms with Crippen molar-refractivity contribution in [1.29, 1.82) is 5.26 Å². The number of rotatable bonds is 3. The number of nitrogens with one attached hydrogen (secondary N) is 1. The monoisotopic (exact) mass is 230 g/mol. The van der Waals surface area contributed by atoms with Gasteiger partial charge in [0.1, 0.15) is 11.6 Å². The smallest absolute Gasteiger partial charge is 0.329 e. The Morgan fingerprint density at radius 1 is 1.53 bits per heavy atom. The highest BCUT2D eigenvalue weighted by molar-refractivity contribution is 5.84. The molecule has 1 aliphatic rings. The Morgan fingerprint density at radius 2 is 2.24 bits per heavy atom. The van der Waals surface area contributed by atoms with Crippen molar-refractivity contribution in [1.82, 2.24) is 0 Å². The van der Waals surface area contributed by atoms with Gasteiger partial charge in [-0.05, 0) is 43.9 Å². The molecule has 1 saturated carbocycles. The third-order valence-electron chi connectivity index (χ3n) is 3.29. The van der Waals surface area contributed by atoms with Crippen LogP contribution in [0.4, 0.5) is 5.69 Å². The fourth-order valence-corrected chi connectivity index (χ4v) is 2.04. The molecule has 0 spiro atoms. The summed E-state index contributed by atoms with van der Waals surface area (Å²) in [6.07, 6.45) is 2.13. The molecule has 88 valence electrons. The summed E-state index contributed by atoms with van der Waals surface area (Å²) < 4.78 is 0. The summed E-state index contributed by atoms with van der Waals surface area (Å²) >= 11 is 0. The predicted octanol–water partition coefficient (Wildman–Crippen LogP) is 2.29. The van der Waals surface area contributed by atoms with Gasteiger partial charge in [-0.3, -0.25) is 0 Å². The minimum absolute atomic E-state index is 0.498. The van der Waals surface area contributed by atoms with Gasteiger partial charge in [0.05, 0.1) is 11.3 Å². The van der Waals surface area contributed by atoms with Crippen molar-refractivity contribution < 1.29 is 9.90 Å². The number of hydrogen-bond acceptors (Lipinski definition) is 3. The minimum atomic E-state index is -0.874. The molecule has 0 radical (unpaired) electrons. The van der Waals surface area contributed by atoms with Crippen LogP contribution in [0.5, 0.6) is 0 Å². The molecule has 17 heavy (non-hydrogen) atoms. The lowest BCUT2D eigenvalue weighted by molar-refractivity contribution is -0.145. The molecule has 0 atom stereocenters. The predicted molar refractivity (Wildman–Crippen MR) is 63.7 cm³/mol. The SMILES string of the molecule is Cc1ccc(NC2(C(=O)O)CCC2)c(C#N)c1. The standard InChI is InChI=1S/C13H14N2O2/c1-9-3-4-11(10(7-9)8-14)15-13(12(16)17)5-2-6-13/h3-4,7,15H,2,5-6H2,1H3,(H,16,17). The molecule has 4 heteroatoms. The largest absolute Gasteiger partial charge is 0.480 e. The number of carbonyl (C=O) groups is 1. The Labute approximate surface area is 99.9 Å². The molecule has 2 N–H and O–H groups in total. The fourth-order valence-electron chi connectivity index (χ4n) is 2.04. The molecule has 2 rings (SSSR count). The van der Waals surface area contributed by atoms with E-state index in [9.17, 15) is 9.90 Å². The highest BCUT2D eigenvalue weighted by Gasteiger charge is 2.44. The first-order valence-electron chi connectivity index (χ1n) is 5.60. The van der Waals surface area contributed by atoms with E-state index in [0.717, 1.165) is 12.0 Å². The number of carboxylic acid groups (broad SMARTS) is 1. The summed E-state index contributed by atoms with van der Waals surface area (Å²) in [7, 11) is 0. The molecule has 4 nitrogen and oxygen atoms in total. The van der Waals surface area contributed by atoms with E-state index in [1.54, 1.807) is 12.1 Å². The van der Waals surface area contributed by atoms with Crippen LogP contribution in [-0.4, -0.2) is 16.6 Å². The number of hydrogen-bond donors (Lipinski definition) is 2. The summed E-state index contributed by atoms with van der Waals surface area (Å²) in [5, 5.41) is 21.3. The summed E-state index contributed by atoms with van der Waals surface area (Å²) in [5.41, 5.74) is 1.23. The van der Waals surface area contributed by atoms with Gasteiger partial charge in [-0.2, -0.15) is 5.26 Å². The molecule has 0 amide bonds. The lowest BCUT2D eigenvalue weighted by atomic mass is 9.76. The molecule has 1 aromatic rings. The van der Waals surface area contributed by atoms with Crippen molar-refractivity contribution in [2.75, 3.05) is 5.32 Å². The molecule has 0 bridgehead atoms. The van der Waals surface area contributed by atoms with E-state index < -0.39 is 11.5 Å². The van der Waals surface area contributed by atoms with Gasteiger partial charge in [-0.15, -0.1) is 0 Å². The van der Waals surface area contributed by atoms with Gasteiger partial charge < -0.3 is 10.4 Å². The van der Waals surface area contributed by atoms with Crippen LogP contribution in [-0.2, 0) is 4.79 Å². The number of aryl methyl sites for hydroxylation is 1. The van der Waals surface area contributed by atoms with Crippen LogP contribution in [0.3, 0.4) is 0 Å².